The number of halogens is 2. The molecule has 116 valence electrons. The van der Waals surface area contributed by atoms with Crippen molar-refractivity contribution in [2.45, 2.75) is 45.5 Å². The molecule has 4 heteroatoms. The zero-order valence-corrected chi connectivity index (χ0v) is 12.4. The third-order valence-electron chi connectivity index (χ3n) is 4.52. The predicted molar refractivity (Wildman–Crippen MR) is 79.5 cm³/mol. The lowest BCUT2D eigenvalue weighted by atomic mass is 9.81. The second-order valence-electron chi connectivity index (χ2n) is 5.93. The van der Waals surface area contributed by atoms with Gasteiger partial charge in [0.2, 0.25) is 0 Å². The summed E-state index contributed by atoms with van der Waals surface area (Å²) in [5.41, 5.74) is 0.395. The third-order valence-corrected chi connectivity index (χ3v) is 4.52. The Morgan fingerprint density at radius 2 is 1.71 bits per heavy atom. The first kappa shape index (κ1) is 15.9. The number of hydrogen-bond donors (Lipinski definition) is 1. The lowest BCUT2D eigenvalue weighted by Crippen LogP contribution is -2.31. The molecule has 0 atom stereocenters. The molecule has 1 aliphatic rings. The van der Waals surface area contributed by atoms with Crippen molar-refractivity contribution < 1.29 is 13.6 Å². The van der Waals surface area contributed by atoms with Gasteiger partial charge < -0.3 is 5.32 Å². The molecule has 0 unspecified atom stereocenters. The van der Waals surface area contributed by atoms with Gasteiger partial charge in [-0.3, -0.25) is 4.79 Å². The summed E-state index contributed by atoms with van der Waals surface area (Å²) in [5.74, 6) is 1.23. The van der Waals surface area contributed by atoms with Gasteiger partial charge in [-0.1, -0.05) is 38.3 Å². The number of rotatable bonds is 5. The fourth-order valence-electron chi connectivity index (χ4n) is 2.96. The molecule has 21 heavy (non-hydrogen) atoms. The van der Waals surface area contributed by atoms with Crippen LogP contribution in [0, 0.1) is 11.8 Å². The van der Waals surface area contributed by atoms with E-state index >= 15 is 0 Å². The highest BCUT2D eigenvalue weighted by Crippen LogP contribution is 2.30. The first-order chi connectivity index (χ1) is 10.1. The van der Waals surface area contributed by atoms with E-state index in [2.05, 4.69) is 12.2 Å². The zero-order valence-electron chi connectivity index (χ0n) is 12.4. The van der Waals surface area contributed by atoms with Crippen LogP contribution in [0.15, 0.2) is 24.3 Å². The van der Waals surface area contributed by atoms with Gasteiger partial charge in [0, 0.05) is 17.7 Å². The SMILES string of the molecule is CCC1CCC(CNC(=O)c2ccc(C(F)F)cc2)CC1. The summed E-state index contributed by atoms with van der Waals surface area (Å²) >= 11 is 0. The first-order valence-corrected chi connectivity index (χ1v) is 7.76. The minimum Gasteiger partial charge on any atom is -0.352 e. The Bertz CT molecular complexity index is 450. The molecule has 0 aliphatic heterocycles. The molecule has 1 aromatic carbocycles. The van der Waals surface area contributed by atoms with Crippen molar-refractivity contribution in [3.8, 4) is 0 Å². The van der Waals surface area contributed by atoms with Crippen molar-refractivity contribution >= 4 is 5.91 Å². The van der Waals surface area contributed by atoms with Gasteiger partial charge in [0.15, 0.2) is 0 Å². The minimum absolute atomic E-state index is 0.0514. The maximum Gasteiger partial charge on any atom is 0.263 e. The van der Waals surface area contributed by atoms with Crippen LogP contribution in [-0.4, -0.2) is 12.5 Å². The molecule has 0 spiro atoms. The maximum atomic E-state index is 12.5. The molecule has 2 rings (SSSR count). The molecule has 1 fully saturated rings. The normalized spacial score (nSPS) is 22.3. The Hall–Kier alpha value is -1.45. The molecular weight excluding hydrogens is 272 g/mol. The van der Waals surface area contributed by atoms with E-state index in [-0.39, 0.29) is 11.5 Å². The maximum absolute atomic E-state index is 12.5. The molecule has 1 aliphatic carbocycles. The van der Waals surface area contributed by atoms with Crippen molar-refractivity contribution in [1.82, 2.24) is 5.32 Å². The van der Waals surface area contributed by atoms with Crippen LogP contribution in [0.5, 0.6) is 0 Å². The second kappa shape index (κ2) is 7.53. The van der Waals surface area contributed by atoms with Crippen LogP contribution in [0.1, 0.15) is 61.4 Å². The van der Waals surface area contributed by atoms with Gasteiger partial charge in [0.25, 0.3) is 12.3 Å². The van der Waals surface area contributed by atoms with Gasteiger partial charge in [-0.15, -0.1) is 0 Å². The minimum atomic E-state index is -2.49. The molecule has 1 aromatic rings. The largest absolute Gasteiger partial charge is 0.352 e. The van der Waals surface area contributed by atoms with Gasteiger partial charge in [0.1, 0.15) is 0 Å². The highest BCUT2D eigenvalue weighted by atomic mass is 19.3. The zero-order chi connectivity index (χ0) is 15.2. The highest BCUT2D eigenvalue weighted by Gasteiger charge is 2.20. The van der Waals surface area contributed by atoms with Crippen LogP contribution in [0.3, 0.4) is 0 Å². The number of nitrogens with one attached hydrogen (secondary N) is 1. The van der Waals surface area contributed by atoms with Crippen molar-refractivity contribution in [3.05, 3.63) is 35.4 Å². The first-order valence-electron chi connectivity index (χ1n) is 7.76. The van der Waals surface area contributed by atoms with Crippen LogP contribution in [0.4, 0.5) is 8.78 Å². The van der Waals surface area contributed by atoms with Gasteiger partial charge in [-0.05, 0) is 36.8 Å². The van der Waals surface area contributed by atoms with Gasteiger partial charge in [-0.2, -0.15) is 0 Å². The summed E-state index contributed by atoms with van der Waals surface area (Å²) in [7, 11) is 0. The molecule has 0 saturated heterocycles. The van der Waals surface area contributed by atoms with E-state index in [1.165, 1.54) is 56.4 Å². The van der Waals surface area contributed by atoms with E-state index in [4.69, 9.17) is 0 Å². The number of carbonyl (C=O) groups is 1. The number of alkyl halides is 2. The van der Waals surface area contributed by atoms with Crippen LogP contribution in [0.25, 0.3) is 0 Å². The number of amides is 1. The number of hydrogen-bond acceptors (Lipinski definition) is 1. The average Bonchev–Trinajstić information content (AvgIpc) is 2.53. The Morgan fingerprint density at radius 1 is 1.14 bits per heavy atom. The Kier molecular flexibility index (Phi) is 5.71. The van der Waals surface area contributed by atoms with Crippen molar-refractivity contribution in [2.75, 3.05) is 6.54 Å². The van der Waals surface area contributed by atoms with Crippen molar-refractivity contribution in [2.24, 2.45) is 11.8 Å². The predicted octanol–water partition coefficient (Wildman–Crippen LogP) is 4.57. The van der Waals surface area contributed by atoms with E-state index in [9.17, 15) is 13.6 Å². The van der Waals surface area contributed by atoms with E-state index < -0.39 is 6.43 Å². The second-order valence-corrected chi connectivity index (χ2v) is 5.93. The molecule has 2 nitrogen and oxygen atoms in total. The summed E-state index contributed by atoms with van der Waals surface area (Å²) in [6, 6.07) is 5.55. The Morgan fingerprint density at radius 3 is 2.24 bits per heavy atom. The van der Waals surface area contributed by atoms with Gasteiger partial charge in [0.05, 0.1) is 0 Å². The monoisotopic (exact) mass is 295 g/mol. The van der Waals surface area contributed by atoms with Gasteiger partial charge in [-0.25, -0.2) is 8.78 Å². The quantitative estimate of drug-likeness (QED) is 0.847. The van der Waals surface area contributed by atoms with E-state index in [0.29, 0.717) is 18.0 Å². The summed E-state index contributed by atoms with van der Waals surface area (Å²) in [6.07, 6.45) is 3.60. The van der Waals surface area contributed by atoms with Gasteiger partial charge >= 0.3 is 0 Å². The highest BCUT2D eigenvalue weighted by molar-refractivity contribution is 5.94. The fourth-order valence-corrected chi connectivity index (χ4v) is 2.96. The smallest absolute Gasteiger partial charge is 0.263 e. The van der Waals surface area contributed by atoms with Crippen LogP contribution in [0.2, 0.25) is 0 Å². The van der Waals surface area contributed by atoms with Crippen LogP contribution >= 0.6 is 0 Å². The molecule has 1 N–H and O–H groups in total. The summed E-state index contributed by atoms with van der Waals surface area (Å²) in [4.78, 5) is 12.0. The molecule has 0 heterocycles. The molecule has 1 amide bonds. The van der Waals surface area contributed by atoms with Crippen molar-refractivity contribution in [1.29, 1.82) is 0 Å². The summed E-state index contributed by atoms with van der Waals surface area (Å²) in [6.45, 7) is 2.92. The number of carbonyl (C=O) groups excluding carboxylic acids is 1. The van der Waals surface area contributed by atoms with Crippen molar-refractivity contribution in [3.63, 3.8) is 0 Å². The topological polar surface area (TPSA) is 29.1 Å². The van der Waals surface area contributed by atoms with E-state index in [1.807, 2.05) is 0 Å². The molecule has 0 bridgehead atoms. The van der Waals surface area contributed by atoms with Crippen LogP contribution < -0.4 is 5.32 Å². The fraction of sp³-hybridized carbons (Fsp3) is 0.588. The van der Waals surface area contributed by atoms with E-state index in [1.54, 1.807) is 0 Å². The molecule has 0 aromatic heterocycles. The Balaban J connectivity index is 1.79. The van der Waals surface area contributed by atoms with Crippen LogP contribution in [-0.2, 0) is 0 Å². The molecule has 0 radical (unpaired) electrons. The molecular formula is C17H23F2NO. The van der Waals surface area contributed by atoms with E-state index in [0.717, 1.165) is 5.92 Å². The lowest BCUT2D eigenvalue weighted by molar-refractivity contribution is 0.0940. The third kappa shape index (κ3) is 4.51. The summed E-state index contributed by atoms with van der Waals surface area (Å²) < 4.78 is 24.9. The molecule has 1 saturated carbocycles. The standard InChI is InChI=1S/C17H23F2NO/c1-2-12-3-5-13(6-4-12)11-20-17(21)15-9-7-14(8-10-15)16(18)19/h7-10,12-13,16H,2-6,11H2,1H3,(H,20,21). The Labute approximate surface area is 124 Å². The summed E-state index contributed by atoms with van der Waals surface area (Å²) in [5, 5.41) is 2.92. The average molecular weight is 295 g/mol. The lowest BCUT2D eigenvalue weighted by Gasteiger charge is -2.27. The number of benzene rings is 1.